The lowest BCUT2D eigenvalue weighted by Crippen LogP contribution is -2.49. The zero-order valence-corrected chi connectivity index (χ0v) is 17.1. The van der Waals surface area contributed by atoms with E-state index < -0.39 is 11.8 Å². The number of hydrazine groups is 1. The summed E-state index contributed by atoms with van der Waals surface area (Å²) in [7, 11) is 1.46. The van der Waals surface area contributed by atoms with Gasteiger partial charge in [0.15, 0.2) is 11.7 Å². The summed E-state index contributed by atoms with van der Waals surface area (Å²) in [6, 6.07) is 12.4. The molecule has 2 amide bonds. The van der Waals surface area contributed by atoms with Crippen molar-refractivity contribution in [3.8, 4) is 11.5 Å². The van der Waals surface area contributed by atoms with Gasteiger partial charge in [0.1, 0.15) is 11.5 Å². The molecule has 0 aliphatic heterocycles. The number of hydrogen-bond acceptors (Lipinski definition) is 5. The number of methoxy groups -OCH3 is 1. The Morgan fingerprint density at radius 3 is 2.56 bits per heavy atom. The van der Waals surface area contributed by atoms with E-state index in [1.807, 2.05) is 25.1 Å². The second-order valence-corrected chi connectivity index (χ2v) is 6.68. The number of rotatable bonds is 5. The summed E-state index contributed by atoms with van der Waals surface area (Å²) in [4.78, 5) is 24.1. The van der Waals surface area contributed by atoms with Gasteiger partial charge in [-0.2, -0.15) is 0 Å². The van der Waals surface area contributed by atoms with Crippen LogP contribution in [0.4, 0.5) is 0 Å². The molecular formula is C18H18BrN3O4S. The van der Waals surface area contributed by atoms with E-state index in [0.29, 0.717) is 21.5 Å². The molecule has 2 rings (SSSR count). The van der Waals surface area contributed by atoms with Gasteiger partial charge in [0.25, 0.3) is 11.8 Å². The van der Waals surface area contributed by atoms with E-state index in [1.54, 1.807) is 24.3 Å². The summed E-state index contributed by atoms with van der Waals surface area (Å²) in [5.74, 6) is 0.0883. The zero-order chi connectivity index (χ0) is 19.8. The average Bonchev–Trinajstić information content (AvgIpc) is 2.65. The normalized spacial score (nSPS) is 9.89. The van der Waals surface area contributed by atoms with Crippen molar-refractivity contribution >= 4 is 45.1 Å². The third-order valence-corrected chi connectivity index (χ3v) is 4.10. The van der Waals surface area contributed by atoms with Gasteiger partial charge in [0.2, 0.25) is 0 Å². The molecular weight excluding hydrogens is 434 g/mol. The predicted molar refractivity (Wildman–Crippen MR) is 109 cm³/mol. The molecule has 0 heterocycles. The Bertz CT molecular complexity index is 860. The lowest BCUT2D eigenvalue weighted by molar-refractivity contribution is -0.123. The number of nitrogens with one attached hydrogen (secondary N) is 3. The number of aryl methyl sites for hydroxylation is 1. The molecule has 7 nitrogen and oxygen atoms in total. The monoisotopic (exact) mass is 451 g/mol. The first-order valence-corrected chi connectivity index (χ1v) is 9.03. The number of para-hydroxylation sites is 1. The second kappa shape index (κ2) is 9.89. The van der Waals surface area contributed by atoms with Crippen LogP contribution in [0.2, 0.25) is 0 Å². The number of carbonyl (C=O) groups excluding carboxylic acids is 2. The van der Waals surface area contributed by atoms with E-state index in [-0.39, 0.29) is 11.7 Å². The molecule has 0 aromatic heterocycles. The van der Waals surface area contributed by atoms with Crippen LogP contribution >= 0.6 is 28.1 Å². The molecule has 3 N–H and O–H groups in total. The molecule has 0 aliphatic carbocycles. The summed E-state index contributed by atoms with van der Waals surface area (Å²) in [5.41, 5.74) is 6.03. The average molecular weight is 452 g/mol. The highest BCUT2D eigenvalue weighted by Gasteiger charge is 2.14. The van der Waals surface area contributed by atoms with Crippen LogP contribution in [0.5, 0.6) is 11.5 Å². The van der Waals surface area contributed by atoms with Crippen LogP contribution in [-0.4, -0.2) is 30.6 Å². The molecule has 2 aromatic rings. The van der Waals surface area contributed by atoms with Gasteiger partial charge in [-0.1, -0.05) is 34.1 Å². The van der Waals surface area contributed by atoms with Gasteiger partial charge < -0.3 is 9.47 Å². The van der Waals surface area contributed by atoms with Gasteiger partial charge >= 0.3 is 0 Å². The van der Waals surface area contributed by atoms with E-state index in [0.717, 1.165) is 5.56 Å². The number of benzene rings is 2. The molecule has 0 saturated carbocycles. The fraction of sp³-hybridized carbons (Fsp3) is 0.167. The lowest BCUT2D eigenvalue weighted by atomic mass is 10.2. The van der Waals surface area contributed by atoms with Crippen LogP contribution in [0.25, 0.3) is 0 Å². The molecule has 142 valence electrons. The van der Waals surface area contributed by atoms with Crippen molar-refractivity contribution < 1.29 is 19.1 Å². The van der Waals surface area contributed by atoms with Crippen molar-refractivity contribution in [3.63, 3.8) is 0 Å². The number of thiocarbonyl (C=S) groups is 1. The van der Waals surface area contributed by atoms with Crippen molar-refractivity contribution in [2.75, 3.05) is 13.7 Å². The molecule has 0 fully saturated rings. The van der Waals surface area contributed by atoms with Crippen molar-refractivity contribution in [2.45, 2.75) is 6.92 Å². The first kappa shape index (κ1) is 20.7. The molecule has 0 saturated heterocycles. The predicted octanol–water partition coefficient (Wildman–Crippen LogP) is 2.48. The SMILES string of the molecule is COc1ccc(Br)cc1C(=O)NC(=S)NNC(=O)COc1ccccc1C. The molecule has 27 heavy (non-hydrogen) atoms. The van der Waals surface area contributed by atoms with E-state index in [2.05, 4.69) is 32.1 Å². The zero-order valence-electron chi connectivity index (χ0n) is 14.7. The minimum absolute atomic E-state index is 0.0636. The van der Waals surface area contributed by atoms with Crippen molar-refractivity contribution in [2.24, 2.45) is 0 Å². The van der Waals surface area contributed by atoms with Gasteiger partial charge in [-0.05, 0) is 49.0 Å². The van der Waals surface area contributed by atoms with Gasteiger partial charge in [-0.25, -0.2) is 0 Å². The third-order valence-electron chi connectivity index (χ3n) is 3.40. The Balaban J connectivity index is 1.82. The van der Waals surface area contributed by atoms with E-state index in [4.69, 9.17) is 21.7 Å². The first-order valence-electron chi connectivity index (χ1n) is 7.83. The van der Waals surface area contributed by atoms with E-state index in [9.17, 15) is 9.59 Å². The fourth-order valence-corrected chi connectivity index (χ4v) is 2.59. The van der Waals surface area contributed by atoms with Crippen molar-refractivity contribution in [1.82, 2.24) is 16.2 Å². The standard InChI is InChI=1S/C18H18BrN3O4S/c1-11-5-3-4-6-14(11)26-10-16(23)21-22-18(27)20-17(24)13-9-12(19)7-8-15(13)25-2/h3-9H,10H2,1-2H3,(H,21,23)(H2,20,22,24,27). The largest absolute Gasteiger partial charge is 0.496 e. The number of amides is 2. The van der Waals surface area contributed by atoms with Crippen LogP contribution in [0.15, 0.2) is 46.9 Å². The summed E-state index contributed by atoms with van der Waals surface area (Å²) in [6.45, 7) is 1.68. The summed E-state index contributed by atoms with van der Waals surface area (Å²) in [5, 5.41) is 2.40. The molecule has 2 aromatic carbocycles. The van der Waals surface area contributed by atoms with Gasteiger partial charge in [-0.3, -0.25) is 25.8 Å². The molecule has 0 aliphatic rings. The highest BCUT2D eigenvalue weighted by molar-refractivity contribution is 9.10. The molecule has 0 unspecified atom stereocenters. The minimum atomic E-state index is -0.476. The van der Waals surface area contributed by atoms with Gasteiger partial charge in [-0.15, -0.1) is 0 Å². The fourth-order valence-electron chi connectivity index (χ4n) is 2.08. The van der Waals surface area contributed by atoms with Gasteiger partial charge in [0, 0.05) is 4.47 Å². The number of halogens is 1. The van der Waals surface area contributed by atoms with Crippen molar-refractivity contribution in [1.29, 1.82) is 0 Å². The molecule has 0 spiro atoms. The number of ether oxygens (including phenoxy) is 2. The summed E-state index contributed by atoms with van der Waals surface area (Å²) >= 11 is 8.30. The molecule has 9 heteroatoms. The Kier molecular flexibility index (Phi) is 7.56. The van der Waals surface area contributed by atoms with E-state index >= 15 is 0 Å². The number of hydrogen-bond donors (Lipinski definition) is 3. The minimum Gasteiger partial charge on any atom is -0.496 e. The van der Waals surface area contributed by atoms with Crippen LogP contribution < -0.4 is 25.6 Å². The Hall–Kier alpha value is -2.65. The van der Waals surface area contributed by atoms with Crippen LogP contribution in [-0.2, 0) is 4.79 Å². The van der Waals surface area contributed by atoms with Crippen LogP contribution in [0.1, 0.15) is 15.9 Å². The Morgan fingerprint density at radius 1 is 1.11 bits per heavy atom. The molecule has 0 radical (unpaired) electrons. The maximum atomic E-state index is 12.3. The van der Waals surface area contributed by atoms with Crippen LogP contribution in [0, 0.1) is 6.92 Å². The summed E-state index contributed by atoms with van der Waals surface area (Å²) in [6.07, 6.45) is 0. The number of carbonyl (C=O) groups is 2. The van der Waals surface area contributed by atoms with Gasteiger partial charge in [0.05, 0.1) is 12.7 Å². The Morgan fingerprint density at radius 2 is 1.85 bits per heavy atom. The molecule has 0 bridgehead atoms. The van der Waals surface area contributed by atoms with Crippen LogP contribution in [0.3, 0.4) is 0 Å². The third kappa shape index (κ3) is 6.22. The molecule has 0 atom stereocenters. The first-order chi connectivity index (χ1) is 12.9. The second-order valence-electron chi connectivity index (χ2n) is 5.36. The maximum Gasteiger partial charge on any atom is 0.276 e. The van der Waals surface area contributed by atoms with Crippen molar-refractivity contribution in [3.05, 3.63) is 58.1 Å². The lowest BCUT2D eigenvalue weighted by Gasteiger charge is -2.13. The highest BCUT2D eigenvalue weighted by atomic mass is 79.9. The van der Waals surface area contributed by atoms with E-state index in [1.165, 1.54) is 7.11 Å². The highest BCUT2D eigenvalue weighted by Crippen LogP contribution is 2.22. The maximum absolute atomic E-state index is 12.3. The summed E-state index contributed by atoms with van der Waals surface area (Å²) < 4.78 is 11.3. The smallest absolute Gasteiger partial charge is 0.276 e. The Labute approximate surface area is 170 Å². The quantitative estimate of drug-likeness (QED) is 0.477. The topological polar surface area (TPSA) is 88.7 Å².